The van der Waals surface area contributed by atoms with Gasteiger partial charge in [-0.25, -0.2) is 4.98 Å². The van der Waals surface area contributed by atoms with Crippen LogP contribution in [0.15, 0.2) is 16.7 Å². The summed E-state index contributed by atoms with van der Waals surface area (Å²) in [7, 11) is 4.12. The van der Waals surface area contributed by atoms with E-state index in [1.807, 2.05) is 6.07 Å². The zero-order chi connectivity index (χ0) is 11.3. The smallest absolute Gasteiger partial charge is 0.149 e. The van der Waals surface area contributed by atoms with Crippen molar-refractivity contribution in [2.45, 2.75) is 6.42 Å². The molecule has 0 bridgehead atoms. The molecular weight excluding hydrogens is 256 g/mol. The fourth-order valence-electron chi connectivity index (χ4n) is 1.20. The summed E-state index contributed by atoms with van der Waals surface area (Å²) < 4.78 is 0.902. The van der Waals surface area contributed by atoms with Crippen LogP contribution in [-0.4, -0.2) is 37.1 Å². The first kappa shape index (κ1) is 12.3. The highest BCUT2D eigenvalue weighted by Crippen LogP contribution is 2.19. The van der Waals surface area contributed by atoms with Gasteiger partial charge in [-0.05, 0) is 49.1 Å². The zero-order valence-corrected chi connectivity index (χ0v) is 10.7. The van der Waals surface area contributed by atoms with Crippen LogP contribution in [0.4, 0.5) is 11.5 Å². The molecule has 84 valence electrons. The first-order valence-electron chi connectivity index (χ1n) is 4.89. The lowest BCUT2D eigenvalue weighted by atomic mass is 10.3. The Balaban J connectivity index is 2.37. The number of hydrogen-bond acceptors (Lipinski definition) is 4. The fourth-order valence-corrected chi connectivity index (χ4v) is 1.55. The van der Waals surface area contributed by atoms with Gasteiger partial charge in [-0.3, -0.25) is 0 Å². The first-order chi connectivity index (χ1) is 7.09. The van der Waals surface area contributed by atoms with Gasteiger partial charge in [0, 0.05) is 17.2 Å². The normalized spacial score (nSPS) is 10.7. The lowest BCUT2D eigenvalue weighted by Crippen LogP contribution is -2.17. The van der Waals surface area contributed by atoms with E-state index in [2.05, 4.69) is 45.2 Å². The van der Waals surface area contributed by atoms with Crippen molar-refractivity contribution in [2.24, 2.45) is 0 Å². The van der Waals surface area contributed by atoms with E-state index >= 15 is 0 Å². The second-order valence-electron chi connectivity index (χ2n) is 3.67. The van der Waals surface area contributed by atoms with Crippen LogP contribution in [0.5, 0.6) is 0 Å². The maximum absolute atomic E-state index is 5.80. The number of nitrogens with zero attached hydrogens (tertiary/aromatic N) is 2. The fraction of sp³-hybridized carbons (Fsp3) is 0.500. The molecule has 4 nitrogen and oxygen atoms in total. The summed E-state index contributed by atoms with van der Waals surface area (Å²) in [6, 6.07) is 1.85. The molecule has 0 aliphatic carbocycles. The Hall–Kier alpha value is -0.810. The van der Waals surface area contributed by atoms with Crippen molar-refractivity contribution in [3.05, 3.63) is 16.7 Å². The molecule has 15 heavy (non-hydrogen) atoms. The molecule has 0 saturated carbocycles. The third-order valence-corrected chi connectivity index (χ3v) is 2.39. The standard InChI is InChI=1S/C10H17BrN4/c1-15(2)5-3-4-13-10-9(12)6-8(11)7-14-10/h6-7H,3-5,12H2,1-2H3,(H,13,14). The Labute approximate surface area is 99.0 Å². The Morgan fingerprint density at radius 2 is 2.27 bits per heavy atom. The van der Waals surface area contributed by atoms with E-state index in [4.69, 9.17) is 5.73 Å². The number of anilines is 2. The molecule has 0 aromatic carbocycles. The van der Waals surface area contributed by atoms with Crippen molar-refractivity contribution < 1.29 is 0 Å². The number of nitrogens with two attached hydrogens (primary N) is 1. The number of pyridine rings is 1. The molecule has 1 aromatic heterocycles. The van der Waals surface area contributed by atoms with E-state index in [9.17, 15) is 0 Å². The molecule has 0 aliphatic heterocycles. The van der Waals surface area contributed by atoms with Gasteiger partial charge in [-0.2, -0.15) is 0 Å². The van der Waals surface area contributed by atoms with Gasteiger partial charge in [0.2, 0.25) is 0 Å². The highest BCUT2D eigenvalue weighted by molar-refractivity contribution is 9.10. The second-order valence-corrected chi connectivity index (χ2v) is 4.59. The number of hydrogen-bond donors (Lipinski definition) is 2. The first-order valence-corrected chi connectivity index (χ1v) is 5.68. The quantitative estimate of drug-likeness (QED) is 0.803. The number of aromatic nitrogens is 1. The van der Waals surface area contributed by atoms with E-state index < -0.39 is 0 Å². The molecule has 1 rings (SSSR count). The van der Waals surface area contributed by atoms with Gasteiger partial charge in [-0.1, -0.05) is 0 Å². The molecule has 1 heterocycles. The highest BCUT2D eigenvalue weighted by atomic mass is 79.9. The Kier molecular flexibility index (Phi) is 4.84. The van der Waals surface area contributed by atoms with Crippen molar-refractivity contribution in [3.63, 3.8) is 0 Å². The summed E-state index contributed by atoms with van der Waals surface area (Å²) in [5.74, 6) is 0.761. The van der Waals surface area contributed by atoms with Gasteiger partial charge < -0.3 is 16.0 Å². The van der Waals surface area contributed by atoms with Crippen molar-refractivity contribution in [3.8, 4) is 0 Å². The van der Waals surface area contributed by atoms with Crippen molar-refractivity contribution >= 4 is 27.4 Å². The average molecular weight is 273 g/mol. The van der Waals surface area contributed by atoms with Crippen LogP contribution in [0.1, 0.15) is 6.42 Å². The van der Waals surface area contributed by atoms with Crippen LogP contribution in [0.2, 0.25) is 0 Å². The van der Waals surface area contributed by atoms with Crippen LogP contribution in [0.25, 0.3) is 0 Å². The van der Waals surface area contributed by atoms with Crippen molar-refractivity contribution in [2.75, 3.05) is 38.2 Å². The molecule has 5 heteroatoms. The molecule has 0 atom stereocenters. The van der Waals surface area contributed by atoms with E-state index in [-0.39, 0.29) is 0 Å². The molecular formula is C10H17BrN4. The van der Waals surface area contributed by atoms with Gasteiger partial charge >= 0.3 is 0 Å². The molecule has 0 saturated heterocycles. The molecule has 0 amide bonds. The molecule has 0 aliphatic rings. The van der Waals surface area contributed by atoms with Gasteiger partial charge in [0.1, 0.15) is 5.82 Å². The lowest BCUT2D eigenvalue weighted by Gasteiger charge is -2.11. The summed E-state index contributed by atoms with van der Waals surface area (Å²) in [5, 5.41) is 3.21. The van der Waals surface area contributed by atoms with Gasteiger partial charge in [0.25, 0.3) is 0 Å². The second kappa shape index (κ2) is 5.92. The number of halogens is 1. The van der Waals surface area contributed by atoms with E-state index in [0.29, 0.717) is 5.69 Å². The van der Waals surface area contributed by atoms with Crippen LogP contribution in [-0.2, 0) is 0 Å². The average Bonchev–Trinajstić information content (AvgIpc) is 2.14. The SMILES string of the molecule is CN(C)CCCNc1ncc(Br)cc1N. The zero-order valence-electron chi connectivity index (χ0n) is 9.13. The number of nitrogens with one attached hydrogen (secondary N) is 1. The molecule has 1 aromatic rings. The largest absolute Gasteiger partial charge is 0.396 e. The minimum atomic E-state index is 0.675. The molecule has 0 spiro atoms. The van der Waals surface area contributed by atoms with Gasteiger partial charge in [0.05, 0.1) is 5.69 Å². The van der Waals surface area contributed by atoms with Crippen molar-refractivity contribution in [1.82, 2.24) is 9.88 Å². The third kappa shape index (κ3) is 4.48. The van der Waals surface area contributed by atoms with Crippen molar-refractivity contribution in [1.29, 1.82) is 0 Å². The lowest BCUT2D eigenvalue weighted by molar-refractivity contribution is 0.405. The van der Waals surface area contributed by atoms with E-state index in [1.165, 1.54) is 0 Å². The monoisotopic (exact) mass is 272 g/mol. The van der Waals surface area contributed by atoms with Crippen LogP contribution >= 0.6 is 15.9 Å². The topological polar surface area (TPSA) is 54.2 Å². The summed E-state index contributed by atoms with van der Waals surface area (Å²) in [5.41, 5.74) is 6.47. The molecule has 3 N–H and O–H groups in total. The van der Waals surface area contributed by atoms with Crippen LogP contribution in [0, 0.1) is 0 Å². The van der Waals surface area contributed by atoms with Gasteiger partial charge in [0.15, 0.2) is 0 Å². The highest BCUT2D eigenvalue weighted by Gasteiger charge is 2.00. The van der Waals surface area contributed by atoms with Crippen LogP contribution < -0.4 is 11.1 Å². The Morgan fingerprint density at radius 1 is 1.53 bits per heavy atom. The summed E-state index contributed by atoms with van der Waals surface area (Å²) in [6.45, 7) is 1.94. The van der Waals surface area contributed by atoms with Crippen LogP contribution in [0.3, 0.4) is 0 Å². The summed E-state index contributed by atoms with van der Waals surface area (Å²) in [4.78, 5) is 6.35. The van der Waals surface area contributed by atoms with Gasteiger partial charge in [-0.15, -0.1) is 0 Å². The number of rotatable bonds is 5. The third-order valence-electron chi connectivity index (χ3n) is 1.96. The Morgan fingerprint density at radius 3 is 2.87 bits per heavy atom. The number of nitrogen functional groups attached to an aromatic ring is 1. The van der Waals surface area contributed by atoms with E-state index in [0.717, 1.165) is 29.8 Å². The van der Waals surface area contributed by atoms with E-state index in [1.54, 1.807) is 6.20 Å². The summed E-state index contributed by atoms with van der Waals surface area (Å²) >= 11 is 3.32. The maximum atomic E-state index is 5.80. The predicted molar refractivity (Wildman–Crippen MR) is 68.0 cm³/mol. The summed E-state index contributed by atoms with van der Waals surface area (Å²) in [6.07, 6.45) is 2.81. The molecule has 0 unspecified atom stereocenters. The Bertz CT molecular complexity index is 314. The minimum Gasteiger partial charge on any atom is -0.396 e. The molecule has 0 fully saturated rings. The minimum absolute atomic E-state index is 0.675. The maximum Gasteiger partial charge on any atom is 0.149 e. The predicted octanol–water partition coefficient (Wildman–Crippen LogP) is 1.79. The molecule has 0 radical (unpaired) electrons.